The van der Waals surface area contributed by atoms with Crippen LogP contribution >= 0.6 is 0 Å². The first-order valence-electron chi connectivity index (χ1n) is 11.6. The number of ether oxygens (including phenoxy) is 3. The van der Waals surface area contributed by atoms with E-state index in [9.17, 15) is 18.0 Å². The number of amides is 1. The number of aromatic amines is 1. The number of aromatic nitrogens is 5. The van der Waals surface area contributed by atoms with Gasteiger partial charge in [-0.3, -0.25) is 14.2 Å². The summed E-state index contributed by atoms with van der Waals surface area (Å²) in [4.78, 5) is 20.5. The molecule has 2 fully saturated rings. The Morgan fingerprint density at radius 2 is 2.05 bits per heavy atom. The number of alkyl halides is 4. The highest BCUT2D eigenvalue weighted by atomic mass is 19.4. The molecular formula is C22H25F4N7O4. The van der Waals surface area contributed by atoms with Gasteiger partial charge in [-0.1, -0.05) is 0 Å². The Labute approximate surface area is 207 Å². The zero-order chi connectivity index (χ0) is 26.4. The van der Waals surface area contributed by atoms with E-state index in [1.807, 2.05) is 6.92 Å². The van der Waals surface area contributed by atoms with Gasteiger partial charge in [-0.25, -0.2) is 14.2 Å². The van der Waals surface area contributed by atoms with Crippen LogP contribution in [0.25, 0.3) is 5.65 Å². The van der Waals surface area contributed by atoms with Crippen molar-refractivity contribution in [2.24, 2.45) is 0 Å². The zero-order valence-corrected chi connectivity index (χ0v) is 19.9. The van der Waals surface area contributed by atoms with Crippen molar-refractivity contribution in [3.8, 4) is 5.88 Å². The smallest absolute Gasteiger partial charge is 0.481 e. The molecule has 200 valence electrons. The average molecular weight is 527 g/mol. The van der Waals surface area contributed by atoms with Gasteiger partial charge in [0.2, 0.25) is 11.8 Å². The summed E-state index contributed by atoms with van der Waals surface area (Å²) in [6.45, 7) is 1.13. The molecule has 0 spiro atoms. The van der Waals surface area contributed by atoms with E-state index in [0.717, 1.165) is 12.8 Å². The van der Waals surface area contributed by atoms with E-state index in [4.69, 9.17) is 9.47 Å². The van der Waals surface area contributed by atoms with Crippen LogP contribution in [0.3, 0.4) is 0 Å². The highest BCUT2D eigenvalue weighted by Crippen LogP contribution is 2.39. The number of carbonyl (C=O) groups excluding carboxylic acids is 1. The minimum atomic E-state index is -4.80. The second-order valence-corrected chi connectivity index (χ2v) is 9.41. The number of imidazole rings is 1. The molecule has 3 atom stereocenters. The Balaban J connectivity index is 1.28. The maximum absolute atomic E-state index is 15.1. The zero-order valence-electron chi connectivity index (χ0n) is 19.9. The van der Waals surface area contributed by atoms with E-state index in [-0.39, 0.29) is 34.5 Å². The Kier molecular flexibility index (Phi) is 6.33. The van der Waals surface area contributed by atoms with Gasteiger partial charge in [-0.15, -0.1) is 13.2 Å². The van der Waals surface area contributed by atoms with Crippen LogP contribution in [-0.2, 0) is 16.1 Å². The summed E-state index contributed by atoms with van der Waals surface area (Å²) in [7, 11) is 1.39. The largest absolute Gasteiger partial charge is 0.522 e. The number of hydrogen-bond donors (Lipinski definition) is 3. The standard InChI is InChI=1S/C22H25F4N7O4/c1-21(5-6-21)30-20(34)37-14-4-3-12(18(14)23)13-7-15(32-31-13)28-19-29-17(35-2)8-16-27-11(9-33(16)19)10-36-22(24,25)26/h7-9,12,14,18H,3-6,10H2,1-2H3,(H,30,34)(H2,28,29,31,32)/t12-,14-,18-/m0/s1. The molecule has 37 heavy (non-hydrogen) atoms. The number of fused-ring (bicyclic) bond motifs is 1. The van der Waals surface area contributed by atoms with Crippen molar-refractivity contribution < 1.29 is 36.6 Å². The third-order valence-electron chi connectivity index (χ3n) is 6.47. The number of anilines is 2. The molecule has 2 aliphatic rings. The Morgan fingerprint density at radius 1 is 1.27 bits per heavy atom. The van der Waals surface area contributed by atoms with Gasteiger partial charge in [-0.05, 0) is 32.6 Å². The third-order valence-corrected chi connectivity index (χ3v) is 6.47. The molecule has 2 saturated carbocycles. The van der Waals surface area contributed by atoms with Gasteiger partial charge < -0.3 is 20.1 Å². The number of alkyl carbamates (subject to hydrolysis) is 1. The molecule has 3 aromatic heterocycles. The van der Waals surface area contributed by atoms with Crippen molar-refractivity contribution in [1.82, 2.24) is 29.9 Å². The van der Waals surface area contributed by atoms with Gasteiger partial charge >= 0.3 is 12.5 Å². The van der Waals surface area contributed by atoms with E-state index < -0.39 is 37.3 Å². The van der Waals surface area contributed by atoms with Gasteiger partial charge in [-0.2, -0.15) is 10.1 Å². The van der Waals surface area contributed by atoms with E-state index >= 15 is 4.39 Å². The highest BCUT2D eigenvalue weighted by Gasteiger charge is 2.43. The molecule has 0 radical (unpaired) electrons. The predicted octanol–water partition coefficient (Wildman–Crippen LogP) is 4.10. The van der Waals surface area contributed by atoms with Crippen LogP contribution in [-0.4, -0.2) is 61.9 Å². The average Bonchev–Trinajstić information content (AvgIpc) is 3.19. The lowest BCUT2D eigenvalue weighted by molar-refractivity contribution is -0.330. The molecule has 3 heterocycles. The molecule has 5 rings (SSSR count). The number of hydrogen-bond acceptors (Lipinski definition) is 8. The maximum atomic E-state index is 15.1. The van der Waals surface area contributed by atoms with E-state index in [0.29, 0.717) is 18.5 Å². The van der Waals surface area contributed by atoms with E-state index in [2.05, 4.69) is 35.5 Å². The minimum Gasteiger partial charge on any atom is -0.481 e. The van der Waals surface area contributed by atoms with E-state index in [1.54, 1.807) is 6.07 Å². The molecule has 0 aliphatic heterocycles. The number of methoxy groups -OCH3 is 1. The van der Waals surface area contributed by atoms with Gasteiger partial charge in [0.15, 0.2) is 5.82 Å². The normalized spacial score (nSPS) is 22.7. The van der Waals surface area contributed by atoms with Crippen LogP contribution in [0.5, 0.6) is 5.88 Å². The molecule has 0 unspecified atom stereocenters. The number of H-pyrrole nitrogens is 1. The summed E-state index contributed by atoms with van der Waals surface area (Å²) in [6.07, 6.45) is -3.80. The van der Waals surface area contributed by atoms with Crippen molar-refractivity contribution >= 4 is 23.5 Å². The SMILES string of the molecule is COc1cc2nc(COC(F)(F)F)cn2c(Nc2cc([C@@H]3CC[C@H](OC(=O)NC4(C)CC4)[C@H]3F)[nH]n2)n1. The summed E-state index contributed by atoms with van der Waals surface area (Å²) in [5, 5.41) is 12.7. The van der Waals surface area contributed by atoms with Gasteiger partial charge in [0.1, 0.15) is 17.9 Å². The number of rotatable bonds is 8. The fourth-order valence-electron chi connectivity index (χ4n) is 4.24. The first-order chi connectivity index (χ1) is 17.5. The molecule has 11 nitrogen and oxygen atoms in total. The number of halogens is 4. The van der Waals surface area contributed by atoms with Crippen molar-refractivity contribution in [1.29, 1.82) is 0 Å². The monoisotopic (exact) mass is 527 g/mol. The number of nitrogens with zero attached hydrogens (tertiary/aromatic N) is 4. The minimum absolute atomic E-state index is 0.0233. The summed E-state index contributed by atoms with van der Waals surface area (Å²) < 4.78 is 68.2. The van der Waals surface area contributed by atoms with Crippen molar-refractivity contribution in [2.45, 2.75) is 69.3 Å². The van der Waals surface area contributed by atoms with Gasteiger partial charge in [0.25, 0.3) is 0 Å². The third kappa shape index (κ3) is 5.70. The van der Waals surface area contributed by atoms with Crippen molar-refractivity contribution in [2.75, 3.05) is 12.4 Å². The Bertz CT molecular complexity index is 1290. The Hall–Kier alpha value is -3.62. The van der Waals surface area contributed by atoms with Crippen molar-refractivity contribution in [3.05, 3.63) is 29.7 Å². The van der Waals surface area contributed by atoms with Crippen molar-refractivity contribution in [3.63, 3.8) is 0 Å². The van der Waals surface area contributed by atoms with Gasteiger partial charge in [0.05, 0.1) is 19.4 Å². The topological polar surface area (TPSA) is 128 Å². The first-order valence-corrected chi connectivity index (χ1v) is 11.6. The molecule has 3 N–H and O–H groups in total. The second-order valence-electron chi connectivity index (χ2n) is 9.41. The summed E-state index contributed by atoms with van der Waals surface area (Å²) in [6, 6.07) is 3.05. The van der Waals surface area contributed by atoms with Crippen LogP contribution in [0.15, 0.2) is 18.3 Å². The molecule has 15 heteroatoms. The number of carbonyl (C=O) groups is 1. The summed E-state index contributed by atoms with van der Waals surface area (Å²) in [5.74, 6) is 0.0512. The predicted molar refractivity (Wildman–Crippen MR) is 120 cm³/mol. The second kappa shape index (κ2) is 9.36. The number of nitrogens with one attached hydrogen (secondary N) is 3. The van der Waals surface area contributed by atoms with Crippen LogP contribution < -0.4 is 15.4 Å². The molecular weight excluding hydrogens is 502 g/mol. The molecule has 0 aromatic carbocycles. The Morgan fingerprint density at radius 3 is 2.76 bits per heavy atom. The molecule has 0 bridgehead atoms. The van der Waals surface area contributed by atoms with Crippen LogP contribution in [0, 0.1) is 0 Å². The molecule has 1 amide bonds. The van der Waals surface area contributed by atoms with Crippen LogP contribution in [0.2, 0.25) is 0 Å². The van der Waals surface area contributed by atoms with Gasteiger partial charge in [0, 0.05) is 35.5 Å². The lowest BCUT2D eigenvalue weighted by atomic mass is 10.0. The molecule has 2 aliphatic carbocycles. The first kappa shape index (κ1) is 25.0. The highest BCUT2D eigenvalue weighted by molar-refractivity contribution is 5.69. The molecule has 3 aromatic rings. The summed E-state index contributed by atoms with van der Waals surface area (Å²) in [5.41, 5.74) is 0.532. The fourth-order valence-corrected chi connectivity index (χ4v) is 4.24. The van der Waals surface area contributed by atoms with Crippen LogP contribution in [0.1, 0.15) is 49.9 Å². The summed E-state index contributed by atoms with van der Waals surface area (Å²) >= 11 is 0. The lowest BCUT2D eigenvalue weighted by Crippen LogP contribution is -2.38. The quantitative estimate of drug-likeness (QED) is 0.374. The fraction of sp³-hybridized carbons (Fsp3) is 0.545. The molecule has 0 saturated heterocycles. The van der Waals surface area contributed by atoms with E-state index in [1.165, 1.54) is 23.8 Å². The lowest BCUT2D eigenvalue weighted by Gasteiger charge is -2.19. The van der Waals surface area contributed by atoms with Crippen LogP contribution in [0.4, 0.5) is 34.1 Å². The maximum Gasteiger partial charge on any atom is 0.522 e.